The van der Waals surface area contributed by atoms with Crippen LogP contribution in [0.15, 0.2) is 48.5 Å². The maximum atomic E-state index is 11.7. The average molecular weight is 298 g/mol. The predicted octanol–water partition coefficient (Wildman–Crippen LogP) is 2.72. The standard InChI is InChI=1S/C18H22N2O2/c1-18(2,19)17(21)20-12-13-7-9-14(10-8-13)15-5-4-6-16(11-15)22-3/h4-11H,12,19H2,1-3H3,(H,20,21). The third-order valence-corrected chi connectivity index (χ3v) is 3.40. The number of nitrogens with one attached hydrogen (secondary N) is 1. The summed E-state index contributed by atoms with van der Waals surface area (Å²) in [5, 5.41) is 2.83. The molecule has 0 spiro atoms. The van der Waals surface area contributed by atoms with E-state index in [0.717, 1.165) is 22.4 Å². The van der Waals surface area contributed by atoms with Gasteiger partial charge in [0, 0.05) is 6.54 Å². The molecule has 0 aliphatic heterocycles. The van der Waals surface area contributed by atoms with E-state index in [1.165, 1.54) is 0 Å². The summed E-state index contributed by atoms with van der Waals surface area (Å²) in [6, 6.07) is 16.0. The second-order valence-electron chi connectivity index (χ2n) is 5.83. The molecule has 2 aromatic rings. The maximum Gasteiger partial charge on any atom is 0.239 e. The number of carbonyl (C=O) groups excluding carboxylic acids is 1. The molecule has 0 aliphatic rings. The topological polar surface area (TPSA) is 64.3 Å². The Labute approximate surface area is 131 Å². The summed E-state index contributed by atoms with van der Waals surface area (Å²) >= 11 is 0. The van der Waals surface area contributed by atoms with Crippen molar-refractivity contribution in [2.24, 2.45) is 5.73 Å². The molecule has 4 heteroatoms. The van der Waals surface area contributed by atoms with Crippen molar-refractivity contribution in [3.05, 3.63) is 54.1 Å². The molecule has 1 amide bonds. The summed E-state index contributed by atoms with van der Waals surface area (Å²) in [5.74, 6) is 0.670. The summed E-state index contributed by atoms with van der Waals surface area (Å²) in [7, 11) is 1.66. The van der Waals surface area contributed by atoms with Gasteiger partial charge in [0.05, 0.1) is 12.6 Å². The minimum atomic E-state index is -0.861. The smallest absolute Gasteiger partial charge is 0.239 e. The Morgan fingerprint density at radius 2 is 1.82 bits per heavy atom. The van der Waals surface area contributed by atoms with Crippen molar-refractivity contribution in [1.29, 1.82) is 0 Å². The molecule has 2 aromatic carbocycles. The van der Waals surface area contributed by atoms with Gasteiger partial charge in [0.15, 0.2) is 0 Å². The van der Waals surface area contributed by atoms with Crippen molar-refractivity contribution in [2.45, 2.75) is 25.9 Å². The normalized spacial score (nSPS) is 11.1. The van der Waals surface area contributed by atoms with Crippen LogP contribution in [0.2, 0.25) is 0 Å². The van der Waals surface area contributed by atoms with E-state index in [2.05, 4.69) is 5.32 Å². The fourth-order valence-corrected chi connectivity index (χ4v) is 2.03. The Bertz CT molecular complexity index is 643. The third kappa shape index (κ3) is 4.09. The van der Waals surface area contributed by atoms with E-state index < -0.39 is 5.54 Å². The summed E-state index contributed by atoms with van der Waals surface area (Å²) in [5.41, 5.74) is 8.12. The van der Waals surface area contributed by atoms with E-state index in [0.29, 0.717) is 6.54 Å². The Kier molecular flexibility index (Phi) is 4.83. The zero-order chi connectivity index (χ0) is 16.2. The Hall–Kier alpha value is -2.33. The molecule has 0 radical (unpaired) electrons. The zero-order valence-corrected chi connectivity index (χ0v) is 13.2. The van der Waals surface area contributed by atoms with Gasteiger partial charge in [-0.1, -0.05) is 36.4 Å². The molecule has 0 heterocycles. The third-order valence-electron chi connectivity index (χ3n) is 3.40. The summed E-state index contributed by atoms with van der Waals surface area (Å²) < 4.78 is 5.24. The lowest BCUT2D eigenvalue weighted by molar-refractivity contribution is -0.125. The van der Waals surface area contributed by atoms with Crippen LogP contribution in [0.3, 0.4) is 0 Å². The van der Waals surface area contributed by atoms with Crippen LogP contribution in [-0.2, 0) is 11.3 Å². The quantitative estimate of drug-likeness (QED) is 0.892. The van der Waals surface area contributed by atoms with Gasteiger partial charge >= 0.3 is 0 Å². The molecule has 0 saturated carbocycles. The number of hydrogen-bond acceptors (Lipinski definition) is 3. The predicted molar refractivity (Wildman–Crippen MR) is 88.5 cm³/mol. The lowest BCUT2D eigenvalue weighted by atomic mass is 10.0. The molecule has 4 nitrogen and oxygen atoms in total. The summed E-state index contributed by atoms with van der Waals surface area (Å²) in [4.78, 5) is 11.7. The van der Waals surface area contributed by atoms with Crippen molar-refractivity contribution >= 4 is 5.91 Å². The van der Waals surface area contributed by atoms with Crippen LogP contribution >= 0.6 is 0 Å². The van der Waals surface area contributed by atoms with Gasteiger partial charge in [-0.3, -0.25) is 4.79 Å². The molecule has 2 rings (SSSR count). The molecule has 22 heavy (non-hydrogen) atoms. The number of carbonyl (C=O) groups is 1. The van der Waals surface area contributed by atoms with Crippen LogP contribution in [-0.4, -0.2) is 18.6 Å². The van der Waals surface area contributed by atoms with E-state index in [4.69, 9.17) is 10.5 Å². The first-order valence-corrected chi connectivity index (χ1v) is 7.21. The Morgan fingerprint density at radius 1 is 1.14 bits per heavy atom. The zero-order valence-electron chi connectivity index (χ0n) is 13.2. The van der Waals surface area contributed by atoms with Gasteiger partial charge < -0.3 is 15.8 Å². The minimum Gasteiger partial charge on any atom is -0.497 e. The van der Waals surface area contributed by atoms with Gasteiger partial charge in [-0.05, 0) is 42.7 Å². The van der Waals surface area contributed by atoms with Crippen molar-refractivity contribution in [2.75, 3.05) is 7.11 Å². The first-order chi connectivity index (χ1) is 10.4. The summed E-state index contributed by atoms with van der Waals surface area (Å²) in [6.45, 7) is 3.85. The van der Waals surface area contributed by atoms with Crippen LogP contribution in [0.25, 0.3) is 11.1 Å². The maximum absolute atomic E-state index is 11.7. The summed E-state index contributed by atoms with van der Waals surface area (Å²) in [6.07, 6.45) is 0. The van der Waals surface area contributed by atoms with Crippen LogP contribution in [0.1, 0.15) is 19.4 Å². The molecule has 0 saturated heterocycles. The first-order valence-electron chi connectivity index (χ1n) is 7.21. The number of hydrogen-bond donors (Lipinski definition) is 2. The van der Waals surface area contributed by atoms with E-state index >= 15 is 0 Å². The van der Waals surface area contributed by atoms with Crippen LogP contribution in [0, 0.1) is 0 Å². The number of ether oxygens (including phenoxy) is 1. The fraction of sp³-hybridized carbons (Fsp3) is 0.278. The van der Waals surface area contributed by atoms with Gasteiger partial charge in [-0.2, -0.15) is 0 Å². The van der Waals surface area contributed by atoms with Gasteiger partial charge in [0.25, 0.3) is 0 Å². The largest absolute Gasteiger partial charge is 0.497 e. The number of benzene rings is 2. The molecule has 0 fully saturated rings. The van der Waals surface area contributed by atoms with Crippen molar-refractivity contribution in [1.82, 2.24) is 5.32 Å². The molecule has 0 aliphatic carbocycles. The van der Waals surface area contributed by atoms with Gasteiger partial charge in [0.1, 0.15) is 5.75 Å². The van der Waals surface area contributed by atoms with Crippen LogP contribution in [0.5, 0.6) is 5.75 Å². The number of nitrogens with two attached hydrogens (primary N) is 1. The second kappa shape index (κ2) is 6.62. The number of amides is 1. The molecular weight excluding hydrogens is 276 g/mol. The molecular formula is C18H22N2O2. The molecule has 0 aromatic heterocycles. The fourth-order valence-electron chi connectivity index (χ4n) is 2.03. The Balaban J connectivity index is 2.05. The minimum absolute atomic E-state index is 0.163. The highest BCUT2D eigenvalue weighted by atomic mass is 16.5. The number of methoxy groups -OCH3 is 1. The van der Waals surface area contributed by atoms with E-state index in [1.807, 2.05) is 48.5 Å². The van der Waals surface area contributed by atoms with Gasteiger partial charge in [-0.15, -0.1) is 0 Å². The lowest BCUT2D eigenvalue weighted by Gasteiger charge is -2.17. The average Bonchev–Trinajstić information content (AvgIpc) is 2.52. The highest BCUT2D eigenvalue weighted by Crippen LogP contribution is 2.24. The molecule has 116 valence electrons. The molecule has 0 bridgehead atoms. The molecule has 0 atom stereocenters. The van der Waals surface area contributed by atoms with Crippen molar-refractivity contribution in [3.63, 3.8) is 0 Å². The SMILES string of the molecule is COc1cccc(-c2ccc(CNC(=O)C(C)(C)N)cc2)c1. The van der Waals surface area contributed by atoms with E-state index in [9.17, 15) is 4.79 Å². The number of rotatable bonds is 5. The highest BCUT2D eigenvalue weighted by Gasteiger charge is 2.20. The van der Waals surface area contributed by atoms with Crippen molar-refractivity contribution < 1.29 is 9.53 Å². The Morgan fingerprint density at radius 3 is 2.41 bits per heavy atom. The van der Waals surface area contributed by atoms with Gasteiger partial charge in [-0.25, -0.2) is 0 Å². The highest BCUT2D eigenvalue weighted by molar-refractivity contribution is 5.85. The molecule has 3 N–H and O–H groups in total. The van der Waals surface area contributed by atoms with E-state index in [-0.39, 0.29) is 5.91 Å². The van der Waals surface area contributed by atoms with E-state index in [1.54, 1.807) is 21.0 Å². The van der Waals surface area contributed by atoms with Crippen molar-refractivity contribution in [3.8, 4) is 16.9 Å². The lowest BCUT2D eigenvalue weighted by Crippen LogP contribution is -2.48. The van der Waals surface area contributed by atoms with Crippen LogP contribution in [0.4, 0.5) is 0 Å². The monoisotopic (exact) mass is 298 g/mol. The van der Waals surface area contributed by atoms with Gasteiger partial charge in [0.2, 0.25) is 5.91 Å². The molecule has 0 unspecified atom stereocenters. The first kappa shape index (κ1) is 16.0. The van der Waals surface area contributed by atoms with Crippen LogP contribution < -0.4 is 15.8 Å². The second-order valence-corrected chi connectivity index (χ2v) is 5.83.